The maximum Gasteiger partial charge on any atom is 0.311 e. The minimum Gasteiger partial charge on any atom is -0.485 e. The average Bonchev–Trinajstić information content (AvgIpc) is 2.56. The molecule has 2 N–H and O–H groups in total. The monoisotopic (exact) mass is 349 g/mol. The lowest BCUT2D eigenvalue weighted by molar-refractivity contribution is -0.385. The summed E-state index contributed by atoms with van der Waals surface area (Å²) in [4.78, 5) is 30.7. The predicted molar refractivity (Wildman–Crippen MR) is 94.9 cm³/mol. The van der Waals surface area contributed by atoms with Gasteiger partial charge in [0.1, 0.15) is 6.61 Å². The van der Waals surface area contributed by atoms with E-state index in [-0.39, 0.29) is 22.7 Å². The van der Waals surface area contributed by atoms with Crippen molar-refractivity contribution in [3.63, 3.8) is 0 Å². The number of hydrogen-bond acceptors (Lipinski definition) is 7. The highest BCUT2D eigenvalue weighted by atomic mass is 16.6. The van der Waals surface area contributed by atoms with Crippen molar-refractivity contribution in [1.29, 1.82) is 0 Å². The van der Waals surface area contributed by atoms with Gasteiger partial charge in [-0.2, -0.15) is 0 Å². The molecule has 9 heteroatoms. The largest absolute Gasteiger partial charge is 0.485 e. The topological polar surface area (TPSA) is 114 Å². The first-order valence-electron chi connectivity index (χ1n) is 8.07. The van der Waals surface area contributed by atoms with Crippen LogP contribution in [0, 0.1) is 10.1 Å². The first kappa shape index (κ1) is 18.8. The maximum absolute atomic E-state index is 11.5. The number of nitrogens with two attached hydrogens (primary N) is 1. The maximum atomic E-state index is 11.5. The van der Waals surface area contributed by atoms with Gasteiger partial charge in [-0.3, -0.25) is 24.8 Å². The van der Waals surface area contributed by atoms with Crippen LogP contribution in [-0.2, 0) is 0 Å². The molecule has 0 aromatic heterocycles. The van der Waals surface area contributed by atoms with Crippen LogP contribution in [0.25, 0.3) is 0 Å². The van der Waals surface area contributed by atoms with Crippen molar-refractivity contribution in [3.05, 3.63) is 27.8 Å². The third-order valence-corrected chi connectivity index (χ3v) is 4.07. The van der Waals surface area contributed by atoms with Gasteiger partial charge in [-0.25, -0.2) is 0 Å². The Morgan fingerprint density at radius 3 is 2.64 bits per heavy atom. The normalized spacial score (nSPS) is 16.2. The quantitative estimate of drug-likeness (QED) is 0.447. The Morgan fingerprint density at radius 1 is 1.40 bits per heavy atom. The van der Waals surface area contributed by atoms with Gasteiger partial charge in [-0.15, -0.1) is 0 Å². The smallest absolute Gasteiger partial charge is 0.311 e. The minimum atomic E-state index is -0.771. The first-order chi connectivity index (χ1) is 11.9. The number of likely N-dealkylation sites (N-methyl/N-ethyl adjacent to an activating group) is 1. The predicted octanol–water partition coefficient (Wildman–Crippen LogP) is 1.04. The van der Waals surface area contributed by atoms with Gasteiger partial charge in [-0.1, -0.05) is 0 Å². The summed E-state index contributed by atoms with van der Waals surface area (Å²) in [6, 6.07) is 2.51. The number of rotatable bonds is 7. The van der Waals surface area contributed by atoms with E-state index in [1.165, 1.54) is 12.3 Å². The Balaban J connectivity index is 2.13. The first-order valence-corrected chi connectivity index (χ1v) is 8.07. The SMILES string of the molecule is C/C=N\c1cc(OCCN2CCN(C)CC2)c([N+](=O)[O-])cc1C(N)=O. The van der Waals surface area contributed by atoms with Gasteiger partial charge in [0, 0.05) is 51.1 Å². The Hall–Kier alpha value is -2.52. The molecule has 1 amide bonds. The number of piperazine rings is 1. The van der Waals surface area contributed by atoms with E-state index in [1.807, 2.05) is 0 Å². The van der Waals surface area contributed by atoms with Gasteiger partial charge in [0.05, 0.1) is 16.2 Å². The van der Waals surface area contributed by atoms with Crippen molar-refractivity contribution in [1.82, 2.24) is 9.80 Å². The molecule has 1 fully saturated rings. The van der Waals surface area contributed by atoms with Crippen molar-refractivity contribution in [3.8, 4) is 5.75 Å². The summed E-state index contributed by atoms with van der Waals surface area (Å²) in [5.74, 6) is -0.683. The van der Waals surface area contributed by atoms with Crippen LogP contribution in [0.15, 0.2) is 17.1 Å². The molecule has 9 nitrogen and oxygen atoms in total. The molecule has 1 aromatic carbocycles. The van der Waals surface area contributed by atoms with Crippen molar-refractivity contribution < 1.29 is 14.5 Å². The van der Waals surface area contributed by atoms with E-state index in [0.29, 0.717) is 13.2 Å². The molecule has 1 aromatic rings. The van der Waals surface area contributed by atoms with Crippen LogP contribution < -0.4 is 10.5 Å². The molecule has 25 heavy (non-hydrogen) atoms. The zero-order valence-electron chi connectivity index (χ0n) is 14.5. The summed E-state index contributed by atoms with van der Waals surface area (Å²) < 4.78 is 5.63. The third kappa shape index (κ3) is 4.97. The second kappa shape index (κ2) is 8.54. The van der Waals surface area contributed by atoms with E-state index in [1.54, 1.807) is 6.92 Å². The van der Waals surface area contributed by atoms with Crippen LogP contribution in [0.1, 0.15) is 17.3 Å². The molecule has 2 rings (SSSR count). The van der Waals surface area contributed by atoms with E-state index < -0.39 is 10.8 Å². The number of ether oxygens (including phenoxy) is 1. The summed E-state index contributed by atoms with van der Waals surface area (Å²) in [5.41, 5.74) is 5.25. The fraction of sp³-hybridized carbons (Fsp3) is 0.500. The van der Waals surface area contributed by atoms with Crippen molar-refractivity contribution in [2.24, 2.45) is 10.7 Å². The molecule has 136 valence electrons. The number of primary amides is 1. The van der Waals surface area contributed by atoms with Crippen LogP contribution >= 0.6 is 0 Å². The molecular weight excluding hydrogens is 326 g/mol. The standard InChI is InChI=1S/C16H23N5O4/c1-3-18-13-11-15(14(21(23)24)10-12(13)16(17)22)25-9-8-20-6-4-19(2)5-7-20/h3,10-11H,4-9H2,1-2H3,(H2,17,22)/b18-3-. The number of hydrogen-bond donors (Lipinski definition) is 1. The number of nitro groups is 1. The molecule has 1 heterocycles. The summed E-state index contributed by atoms with van der Waals surface area (Å²) in [6.45, 7) is 6.53. The van der Waals surface area contributed by atoms with Gasteiger partial charge in [0.15, 0.2) is 5.75 Å². The molecule has 1 saturated heterocycles. The number of aliphatic imine (C=N–C) groups is 1. The summed E-state index contributed by atoms with van der Waals surface area (Å²) >= 11 is 0. The summed E-state index contributed by atoms with van der Waals surface area (Å²) in [6.07, 6.45) is 1.49. The highest BCUT2D eigenvalue weighted by Crippen LogP contribution is 2.34. The molecule has 1 aliphatic heterocycles. The molecule has 1 aliphatic rings. The van der Waals surface area contributed by atoms with E-state index >= 15 is 0 Å². The summed E-state index contributed by atoms with van der Waals surface area (Å²) in [5, 5.41) is 11.3. The van der Waals surface area contributed by atoms with Gasteiger partial charge in [0.25, 0.3) is 5.91 Å². The Labute approximate surface area is 146 Å². The highest BCUT2D eigenvalue weighted by Gasteiger charge is 2.22. The zero-order chi connectivity index (χ0) is 18.4. The molecule has 0 atom stereocenters. The van der Waals surface area contributed by atoms with E-state index in [9.17, 15) is 14.9 Å². The average molecular weight is 349 g/mol. The number of nitro benzene ring substituents is 1. The molecular formula is C16H23N5O4. The van der Waals surface area contributed by atoms with Gasteiger partial charge >= 0.3 is 5.69 Å². The van der Waals surface area contributed by atoms with Gasteiger partial charge in [-0.05, 0) is 14.0 Å². The van der Waals surface area contributed by atoms with E-state index in [2.05, 4.69) is 21.8 Å². The second-order valence-corrected chi connectivity index (χ2v) is 5.84. The second-order valence-electron chi connectivity index (χ2n) is 5.84. The van der Waals surface area contributed by atoms with Gasteiger partial charge in [0.2, 0.25) is 0 Å². The third-order valence-electron chi connectivity index (χ3n) is 4.07. The Kier molecular flexibility index (Phi) is 6.43. The molecule has 0 saturated carbocycles. The lowest BCUT2D eigenvalue weighted by Gasteiger charge is -2.32. The van der Waals surface area contributed by atoms with Gasteiger partial charge < -0.3 is 15.4 Å². The molecule has 0 unspecified atom stereocenters. The Morgan fingerprint density at radius 2 is 2.08 bits per heavy atom. The van der Waals surface area contributed by atoms with E-state index in [0.717, 1.165) is 32.2 Å². The van der Waals surface area contributed by atoms with E-state index in [4.69, 9.17) is 10.5 Å². The molecule has 0 spiro atoms. The fourth-order valence-electron chi connectivity index (χ4n) is 2.62. The van der Waals surface area contributed by atoms with Crippen LogP contribution in [0.5, 0.6) is 5.75 Å². The van der Waals surface area contributed by atoms with Crippen LogP contribution in [-0.4, -0.2) is 73.2 Å². The fourth-order valence-corrected chi connectivity index (χ4v) is 2.62. The molecule has 0 aliphatic carbocycles. The minimum absolute atomic E-state index is 0.00350. The Bertz CT molecular complexity index is 669. The van der Waals surface area contributed by atoms with Crippen molar-refractivity contribution in [2.75, 3.05) is 46.4 Å². The highest BCUT2D eigenvalue weighted by molar-refractivity contribution is 5.99. The number of benzene rings is 1. The van der Waals surface area contributed by atoms with Crippen LogP contribution in [0.2, 0.25) is 0 Å². The number of carbonyl (C=O) groups is 1. The van der Waals surface area contributed by atoms with Crippen LogP contribution in [0.3, 0.4) is 0 Å². The van der Waals surface area contributed by atoms with Crippen molar-refractivity contribution >= 4 is 23.5 Å². The number of carbonyl (C=O) groups excluding carboxylic acids is 1. The number of nitrogens with zero attached hydrogens (tertiary/aromatic N) is 4. The lowest BCUT2D eigenvalue weighted by atomic mass is 10.1. The summed E-state index contributed by atoms with van der Waals surface area (Å²) in [7, 11) is 2.08. The van der Waals surface area contributed by atoms with Crippen molar-refractivity contribution in [2.45, 2.75) is 6.92 Å². The molecule has 0 bridgehead atoms. The number of amides is 1. The zero-order valence-corrected chi connectivity index (χ0v) is 14.5. The van der Waals surface area contributed by atoms with Crippen LogP contribution in [0.4, 0.5) is 11.4 Å². The molecule has 0 radical (unpaired) electrons. The lowest BCUT2D eigenvalue weighted by Crippen LogP contribution is -2.45.